The molecule has 4 atom stereocenters. The van der Waals surface area contributed by atoms with Crippen LogP contribution in [0.2, 0.25) is 0 Å². The maximum atomic E-state index is 13.0. The van der Waals surface area contributed by atoms with Crippen LogP contribution in [0.15, 0.2) is 0 Å². The van der Waals surface area contributed by atoms with E-state index >= 15 is 0 Å². The van der Waals surface area contributed by atoms with Crippen molar-refractivity contribution in [3.05, 3.63) is 0 Å². The fourth-order valence-corrected chi connectivity index (χ4v) is 1.17. The molecule has 3 nitrogen and oxygen atoms in total. The van der Waals surface area contributed by atoms with E-state index in [4.69, 9.17) is 14.9 Å². The molecule has 0 aliphatic carbocycles. The molecule has 0 aromatic rings. The van der Waals surface area contributed by atoms with Gasteiger partial charge in [0.25, 0.3) is 0 Å². The Kier molecular flexibility index (Phi) is 2.81. The van der Waals surface area contributed by atoms with Crippen LogP contribution in [0.1, 0.15) is 6.92 Å². The number of halogens is 1. The number of aliphatic hydroxyl groups is 2. The van der Waals surface area contributed by atoms with Crippen molar-refractivity contribution in [1.82, 2.24) is 0 Å². The largest absolute Gasteiger partial charge is 0.394 e. The molecule has 1 heterocycles. The van der Waals surface area contributed by atoms with Gasteiger partial charge in [0.2, 0.25) is 0 Å². The highest BCUT2D eigenvalue weighted by Crippen LogP contribution is 2.22. The second kappa shape index (κ2) is 3.47. The zero-order valence-electron chi connectivity index (χ0n) is 6.40. The monoisotopic (exact) mass is 164 g/mol. The van der Waals surface area contributed by atoms with Crippen molar-refractivity contribution < 1.29 is 19.3 Å². The maximum absolute atomic E-state index is 13.0. The minimum Gasteiger partial charge on any atom is -0.394 e. The van der Waals surface area contributed by atoms with Crippen LogP contribution < -0.4 is 0 Å². The molecule has 0 radical (unpaired) electrons. The lowest BCUT2D eigenvalue weighted by Gasteiger charge is -2.33. The quantitative estimate of drug-likeness (QED) is 0.560. The van der Waals surface area contributed by atoms with Crippen molar-refractivity contribution in [2.45, 2.75) is 25.3 Å². The fraction of sp³-hybridized carbons (Fsp3) is 1.00. The molecule has 1 rings (SSSR count). The molecule has 0 aromatic heterocycles. The van der Waals surface area contributed by atoms with Crippen LogP contribution in [0.3, 0.4) is 0 Å². The Balaban J connectivity index is 2.52. The number of hydrogen-bond donors (Lipinski definition) is 2. The van der Waals surface area contributed by atoms with Crippen LogP contribution in [-0.4, -0.2) is 41.8 Å². The second-order valence-electron chi connectivity index (χ2n) is 2.97. The van der Waals surface area contributed by atoms with Crippen molar-refractivity contribution in [3.63, 3.8) is 0 Å². The summed E-state index contributed by atoms with van der Waals surface area (Å²) in [7, 11) is 0. The van der Waals surface area contributed by atoms with Crippen LogP contribution >= 0.6 is 0 Å². The molecular formula is C7H13FO3. The predicted molar refractivity (Wildman–Crippen MR) is 36.9 cm³/mol. The van der Waals surface area contributed by atoms with Gasteiger partial charge in [-0.25, -0.2) is 4.39 Å². The van der Waals surface area contributed by atoms with Crippen LogP contribution in [0.25, 0.3) is 0 Å². The molecule has 0 aromatic carbocycles. The zero-order chi connectivity index (χ0) is 8.43. The summed E-state index contributed by atoms with van der Waals surface area (Å²) in [5.74, 6) is -0.284. The van der Waals surface area contributed by atoms with E-state index in [9.17, 15) is 4.39 Å². The lowest BCUT2D eigenvalue weighted by Crippen LogP contribution is -2.48. The Bertz CT molecular complexity index is 129. The molecule has 4 heteroatoms. The van der Waals surface area contributed by atoms with Crippen LogP contribution in [0.5, 0.6) is 0 Å². The lowest BCUT2D eigenvalue weighted by atomic mass is 9.95. The minimum atomic E-state index is -1.28. The fourth-order valence-electron chi connectivity index (χ4n) is 1.17. The Hall–Kier alpha value is -0.190. The number of ether oxygens (including phenoxy) is 1. The minimum absolute atomic E-state index is 0.267. The number of aliphatic hydroxyl groups excluding tert-OH is 2. The van der Waals surface area contributed by atoms with Crippen LogP contribution in [0.4, 0.5) is 4.39 Å². The Labute approximate surface area is 64.8 Å². The maximum Gasteiger partial charge on any atom is 0.133 e. The zero-order valence-corrected chi connectivity index (χ0v) is 6.40. The van der Waals surface area contributed by atoms with Gasteiger partial charge in [-0.1, -0.05) is 6.92 Å². The van der Waals surface area contributed by atoms with E-state index in [2.05, 4.69) is 0 Å². The number of hydrogen-bond acceptors (Lipinski definition) is 3. The van der Waals surface area contributed by atoms with Crippen LogP contribution in [-0.2, 0) is 4.74 Å². The molecule has 1 aliphatic heterocycles. The van der Waals surface area contributed by atoms with Crippen LogP contribution in [0, 0.1) is 5.92 Å². The average Bonchev–Trinajstić information content (AvgIpc) is 2.01. The molecule has 1 saturated heterocycles. The summed E-state index contributed by atoms with van der Waals surface area (Å²) in [4.78, 5) is 0. The molecular weight excluding hydrogens is 151 g/mol. The highest BCUT2D eigenvalue weighted by atomic mass is 19.1. The van der Waals surface area contributed by atoms with Gasteiger partial charge in [-0.3, -0.25) is 0 Å². The summed E-state index contributed by atoms with van der Waals surface area (Å²) in [6, 6.07) is 0. The van der Waals surface area contributed by atoms with Gasteiger partial charge in [0.1, 0.15) is 18.4 Å². The molecule has 0 amide bonds. The van der Waals surface area contributed by atoms with E-state index in [1.54, 1.807) is 6.92 Å². The van der Waals surface area contributed by atoms with Gasteiger partial charge >= 0.3 is 0 Å². The van der Waals surface area contributed by atoms with Gasteiger partial charge in [-0.15, -0.1) is 0 Å². The first-order chi connectivity index (χ1) is 5.16. The highest BCUT2D eigenvalue weighted by molar-refractivity contribution is 4.84. The van der Waals surface area contributed by atoms with Gasteiger partial charge in [-0.05, 0) is 0 Å². The van der Waals surface area contributed by atoms with Crippen molar-refractivity contribution >= 4 is 0 Å². The third-order valence-corrected chi connectivity index (χ3v) is 2.00. The third-order valence-electron chi connectivity index (χ3n) is 2.00. The van der Waals surface area contributed by atoms with E-state index in [1.165, 1.54) is 0 Å². The molecule has 11 heavy (non-hydrogen) atoms. The molecule has 0 spiro atoms. The number of alkyl halides is 1. The Morgan fingerprint density at radius 3 is 2.82 bits per heavy atom. The summed E-state index contributed by atoms with van der Waals surface area (Å²) >= 11 is 0. The Morgan fingerprint density at radius 1 is 1.64 bits per heavy atom. The first kappa shape index (κ1) is 8.90. The summed E-state index contributed by atoms with van der Waals surface area (Å²) in [6.07, 6.45) is -3.20. The molecule has 66 valence electrons. The van der Waals surface area contributed by atoms with E-state index in [-0.39, 0.29) is 19.1 Å². The van der Waals surface area contributed by atoms with E-state index in [0.29, 0.717) is 0 Å². The third kappa shape index (κ3) is 1.69. The van der Waals surface area contributed by atoms with Crippen molar-refractivity contribution in [2.24, 2.45) is 5.92 Å². The summed E-state index contributed by atoms with van der Waals surface area (Å²) in [6.45, 7) is 1.61. The lowest BCUT2D eigenvalue weighted by molar-refractivity contribution is -0.149. The van der Waals surface area contributed by atoms with E-state index in [0.717, 1.165) is 0 Å². The smallest absolute Gasteiger partial charge is 0.133 e. The van der Waals surface area contributed by atoms with E-state index in [1.807, 2.05) is 0 Å². The first-order valence-electron chi connectivity index (χ1n) is 3.71. The normalized spacial score (nSPS) is 45.8. The SMILES string of the molecule is CC1CO[C@H](CO)[C@@H](O)[C@H]1F. The molecule has 2 N–H and O–H groups in total. The average molecular weight is 164 g/mol. The topological polar surface area (TPSA) is 49.7 Å². The van der Waals surface area contributed by atoms with Gasteiger partial charge in [0.15, 0.2) is 0 Å². The predicted octanol–water partition coefficient (Wildman–Crippen LogP) is -0.287. The van der Waals surface area contributed by atoms with Gasteiger partial charge in [0, 0.05) is 5.92 Å². The van der Waals surface area contributed by atoms with E-state index < -0.39 is 18.4 Å². The van der Waals surface area contributed by atoms with Gasteiger partial charge in [0.05, 0.1) is 13.2 Å². The molecule has 0 saturated carbocycles. The van der Waals surface area contributed by atoms with Crippen molar-refractivity contribution in [1.29, 1.82) is 0 Å². The summed E-state index contributed by atoms with van der Waals surface area (Å²) in [5, 5.41) is 17.8. The number of rotatable bonds is 1. The second-order valence-corrected chi connectivity index (χ2v) is 2.97. The Morgan fingerprint density at radius 2 is 2.27 bits per heavy atom. The van der Waals surface area contributed by atoms with Crippen molar-refractivity contribution in [3.8, 4) is 0 Å². The summed E-state index contributed by atoms with van der Waals surface area (Å²) < 4.78 is 17.9. The molecule has 1 unspecified atom stereocenters. The van der Waals surface area contributed by atoms with Gasteiger partial charge < -0.3 is 14.9 Å². The molecule has 1 fully saturated rings. The first-order valence-corrected chi connectivity index (χ1v) is 3.71. The standard InChI is InChI=1S/C7H13FO3/c1-4-3-11-5(2-9)7(10)6(4)8/h4-7,9-10H,2-3H2,1H3/t4?,5-,6+,7-/m1/s1. The highest BCUT2D eigenvalue weighted by Gasteiger charge is 2.36. The summed E-state index contributed by atoms with van der Waals surface area (Å²) in [5.41, 5.74) is 0. The molecule has 0 bridgehead atoms. The van der Waals surface area contributed by atoms with Crippen molar-refractivity contribution in [2.75, 3.05) is 13.2 Å². The molecule has 1 aliphatic rings. The van der Waals surface area contributed by atoms with Gasteiger partial charge in [-0.2, -0.15) is 0 Å².